The zero-order valence-electron chi connectivity index (χ0n) is 12.1. The van der Waals surface area contributed by atoms with Crippen LogP contribution in [0.15, 0.2) is 42.5 Å². The van der Waals surface area contributed by atoms with Crippen LogP contribution in [0.4, 0.5) is 18.9 Å². The number of rotatable bonds is 3. The minimum atomic E-state index is -4.53. The molecule has 1 amide bonds. The molecule has 0 atom stereocenters. The Morgan fingerprint density at radius 3 is 2.43 bits per heavy atom. The Kier molecular flexibility index (Phi) is 4.77. The van der Waals surface area contributed by atoms with E-state index in [-0.39, 0.29) is 16.7 Å². The summed E-state index contributed by atoms with van der Waals surface area (Å²) in [6.45, 7) is 1.66. The zero-order valence-corrected chi connectivity index (χ0v) is 12.1. The van der Waals surface area contributed by atoms with E-state index in [1.807, 2.05) is 0 Å². The maximum Gasteiger partial charge on any atom is 0.488 e. The lowest BCUT2D eigenvalue weighted by molar-refractivity contribution is -0.137. The first-order valence-corrected chi connectivity index (χ1v) is 6.64. The fraction of sp³-hybridized carbons (Fsp3) is 0.133. The summed E-state index contributed by atoms with van der Waals surface area (Å²) < 4.78 is 38.0. The molecule has 2 aromatic carbocycles. The summed E-state index contributed by atoms with van der Waals surface area (Å²) in [5.41, 5.74) is -0.00274. The number of anilines is 1. The summed E-state index contributed by atoms with van der Waals surface area (Å²) in [4.78, 5) is 12.1. The predicted octanol–water partition coefficient (Wildman–Crippen LogP) is 1.95. The first kappa shape index (κ1) is 17.0. The van der Waals surface area contributed by atoms with Crippen LogP contribution in [0.5, 0.6) is 0 Å². The molecule has 3 N–H and O–H groups in total. The fourth-order valence-corrected chi connectivity index (χ4v) is 2.04. The third-order valence-corrected chi connectivity index (χ3v) is 3.27. The Balaban J connectivity index is 2.24. The maximum absolute atomic E-state index is 12.7. The normalized spacial score (nSPS) is 11.2. The Hall–Kier alpha value is -2.32. The number of alkyl halides is 3. The molecule has 0 radical (unpaired) electrons. The van der Waals surface area contributed by atoms with Gasteiger partial charge in [0.15, 0.2) is 0 Å². The van der Waals surface area contributed by atoms with Crippen molar-refractivity contribution < 1.29 is 28.0 Å². The van der Waals surface area contributed by atoms with E-state index in [1.54, 1.807) is 13.0 Å². The first-order chi connectivity index (χ1) is 10.7. The van der Waals surface area contributed by atoms with Gasteiger partial charge in [0, 0.05) is 11.3 Å². The largest absolute Gasteiger partial charge is 0.488 e. The number of aryl methyl sites for hydroxylation is 1. The van der Waals surface area contributed by atoms with E-state index >= 15 is 0 Å². The van der Waals surface area contributed by atoms with Crippen molar-refractivity contribution in [3.05, 3.63) is 59.2 Å². The van der Waals surface area contributed by atoms with Crippen molar-refractivity contribution >= 4 is 24.2 Å². The van der Waals surface area contributed by atoms with Crippen molar-refractivity contribution in [1.29, 1.82) is 0 Å². The third-order valence-electron chi connectivity index (χ3n) is 3.27. The van der Waals surface area contributed by atoms with Gasteiger partial charge in [-0.15, -0.1) is 0 Å². The Labute approximate surface area is 130 Å². The van der Waals surface area contributed by atoms with Crippen molar-refractivity contribution in [3.8, 4) is 0 Å². The van der Waals surface area contributed by atoms with Crippen molar-refractivity contribution in [3.63, 3.8) is 0 Å². The predicted molar refractivity (Wildman–Crippen MR) is 80.4 cm³/mol. The van der Waals surface area contributed by atoms with Crippen molar-refractivity contribution in [2.75, 3.05) is 5.32 Å². The molecule has 4 nitrogen and oxygen atoms in total. The lowest BCUT2D eigenvalue weighted by Gasteiger charge is -2.11. The van der Waals surface area contributed by atoms with Gasteiger partial charge in [-0.1, -0.05) is 17.7 Å². The van der Waals surface area contributed by atoms with Crippen LogP contribution in [0.3, 0.4) is 0 Å². The number of hydrogen-bond donors (Lipinski definition) is 3. The molecule has 8 heteroatoms. The summed E-state index contributed by atoms with van der Waals surface area (Å²) in [5.74, 6) is -0.724. The number of nitrogens with one attached hydrogen (secondary N) is 1. The number of benzene rings is 2. The van der Waals surface area contributed by atoms with E-state index in [0.717, 1.165) is 18.2 Å². The number of carbonyl (C=O) groups is 1. The van der Waals surface area contributed by atoms with Crippen LogP contribution in [0.1, 0.15) is 21.5 Å². The van der Waals surface area contributed by atoms with Gasteiger partial charge < -0.3 is 15.4 Å². The Morgan fingerprint density at radius 2 is 1.83 bits per heavy atom. The van der Waals surface area contributed by atoms with E-state index in [2.05, 4.69) is 5.32 Å². The summed E-state index contributed by atoms with van der Waals surface area (Å²) in [5, 5.41) is 20.9. The topological polar surface area (TPSA) is 69.6 Å². The molecule has 0 saturated carbocycles. The molecular formula is C15H13BF3NO3. The van der Waals surface area contributed by atoms with Crippen LogP contribution in [0.25, 0.3) is 0 Å². The molecular weight excluding hydrogens is 310 g/mol. The lowest BCUT2D eigenvalue weighted by atomic mass is 9.77. The van der Waals surface area contributed by atoms with Gasteiger partial charge in [0.2, 0.25) is 0 Å². The highest BCUT2D eigenvalue weighted by Gasteiger charge is 2.30. The second kappa shape index (κ2) is 6.43. The molecule has 0 aromatic heterocycles. The fourth-order valence-electron chi connectivity index (χ4n) is 2.04. The molecule has 0 spiro atoms. The monoisotopic (exact) mass is 323 g/mol. The highest BCUT2D eigenvalue weighted by molar-refractivity contribution is 6.59. The standard InChI is InChI=1S/C15H13BF3NO3/c1-9-5-6-12(8-13(9)16(22)23)20-14(21)10-3-2-4-11(7-10)15(17,18)19/h2-8,22-23H,1H3,(H,20,21). The highest BCUT2D eigenvalue weighted by atomic mass is 19.4. The first-order valence-electron chi connectivity index (χ1n) is 6.64. The second-order valence-corrected chi connectivity index (χ2v) is 4.98. The van der Waals surface area contributed by atoms with Gasteiger partial charge in [-0.2, -0.15) is 13.2 Å². The summed E-state index contributed by atoms with van der Waals surface area (Å²) in [6.07, 6.45) is -4.53. The van der Waals surface area contributed by atoms with Crippen LogP contribution < -0.4 is 10.8 Å². The van der Waals surface area contributed by atoms with E-state index < -0.39 is 24.8 Å². The molecule has 0 bridgehead atoms. The molecule has 0 unspecified atom stereocenters. The number of carbonyl (C=O) groups excluding carboxylic acids is 1. The molecule has 2 aromatic rings. The lowest BCUT2D eigenvalue weighted by Crippen LogP contribution is -2.32. The van der Waals surface area contributed by atoms with Gasteiger partial charge in [0.1, 0.15) is 0 Å². The average Bonchev–Trinajstić information content (AvgIpc) is 2.48. The molecule has 0 aliphatic carbocycles. The molecule has 0 heterocycles. The summed E-state index contributed by atoms with van der Waals surface area (Å²) in [6, 6.07) is 8.49. The molecule has 0 aliphatic rings. The van der Waals surface area contributed by atoms with Gasteiger partial charge >= 0.3 is 13.3 Å². The van der Waals surface area contributed by atoms with E-state index in [4.69, 9.17) is 0 Å². The van der Waals surface area contributed by atoms with Gasteiger partial charge in [0.05, 0.1) is 5.56 Å². The van der Waals surface area contributed by atoms with Gasteiger partial charge in [0.25, 0.3) is 5.91 Å². The Bertz CT molecular complexity index is 732. The smallest absolute Gasteiger partial charge is 0.423 e. The van der Waals surface area contributed by atoms with Crippen LogP contribution in [0.2, 0.25) is 0 Å². The minimum Gasteiger partial charge on any atom is -0.423 e. The van der Waals surface area contributed by atoms with E-state index in [1.165, 1.54) is 18.2 Å². The van der Waals surface area contributed by atoms with Gasteiger partial charge in [-0.05, 0) is 42.7 Å². The van der Waals surface area contributed by atoms with Crippen LogP contribution in [-0.2, 0) is 6.18 Å². The number of halogens is 3. The summed E-state index contributed by atoms with van der Waals surface area (Å²) >= 11 is 0. The quantitative estimate of drug-likeness (QED) is 0.756. The van der Waals surface area contributed by atoms with Crippen LogP contribution in [0, 0.1) is 6.92 Å². The molecule has 0 aliphatic heterocycles. The summed E-state index contributed by atoms with van der Waals surface area (Å²) in [7, 11) is -1.71. The van der Waals surface area contributed by atoms with Crippen LogP contribution >= 0.6 is 0 Å². The SMILES string of the molecule is Cc1ccc(NC(=O)c2cccc(C(F)(F)F)c2)cc1B(O)O. The molecule has 23 heavy (non-hydrogen) atoms. The van der Waals surface area contributed by atoms with E-state index in [9.17, 15) is 28.0 Å². The average molecular weight is 323 g/mol. The second-order valence-electron chi connectivity index (χ2n) is 4.98. The molecule has 0 fully saturated rings. The minimum absolute atomic E-state index is 0.147. The van der Waals surface area contributed by atoms with Gasteiger partial charge in [-0.25, -0.2) is 0 Å². The van der Waals surface area contributed by atoms with Crippen molar-refractivity contribution in [2.45, 2.75) is 13.1 Å². The van der Waals surface area contributed by atoms with Crippen LogP contribution in [-0.4, -0.2) is 23.1 Å². The van der Waals surface area contributed by atoms with Crippen molar-refractivity contribution in [2.24, 2.45) is 0 Å². The molecule has 120 valence electrons. The van der Waals surface area contributed by atoms with Gasteiger partial charge in [-0.3, -0.25) is 4.79 Å². The number of amides is 1. The maximum atomic E-state index is 12.7. The number of hydrogen-bond acceptors (Lipinski definition) is 3. The zero-order chi connectivity index (χ0) is 17.2. The third kappa shape index (κ3) is 4.11. The Morgan fingerprint density at radius 1 is 1.13 bits per heavy atom. The van der Waals surface area contributed by atoms with E-state index in [0.29, 0.717) is 5.56 Å². The molecule has 0 saturated heterocycles. The van der Waals surface area contributed by atoms with Crippen molar-refractivity contribution in [1.82, 2.24) is 0 Å². The molecule has 2 rings (SSSR count). The highest BCUT2D eigenvalue weighted by Crippen LogP contribution is 2.29.